The highest BCUT2D eigenvalue weighted by Gasteiger charge is 2.10. The number of anilines is 2. The second-order valence-corrected chi connectivity index (χ2v) is 7.43. The van der Waals surface area contributed by atoms with Gasteiger partial charge in [0.2, 0.25) is 0 Å². The van der Waals surface area contributed by atoms with Crippen LogP contribution in [0.25, 0.3) is 11.3 Å². The van der Waals surface area contributed by atoms with Gasteiger partial charge in [0.15, 0.2) is 9.84 Å². The number of sulfone groups is 1. The van der Waals surface area contributed by atoms with Gasteiger partial charge in [0, 0.05) is 23.6 Å². The first-order chi connectivity index (χ1) is 12.0. The second kappa shape index (κ2) is 6.90. The number of aromatic nitrogens is 2. The third-order valence-corrected chi connectivity index (χ3v) is 4.69. The summed E-state index contributed by atoms with van der Waals surface area (Å²) in [5.74, 6) is 1.27. The van der Waals surface area contributed by atoms with Crippen molar-refractivity contribution in [3.63, 3.8) is 0 Å². The number of para-hydroxylation sites is 1. The van der Waals surface area contributed by atoms with Crippen LogP contribution in [0.15, 0.2) is 65.8 Å². The molecule has 0 aliphatic heterocycles. The number of benzene rings is 2. The van der Waals surface area contributed by atoms with Crippen molar-refractivity contribution in [2.75, 3.05) is 18.7 Å². The van der Waals surface area contributed by atoms with Gasteiger partial charge in [-0.15, -0.1) is 0 Å². The number of methoxy groups -OCH3 is 1. The molecule has 0 fully saturated rings. The Kier molecular flexibility index (Phi) is 4.67. The van der Waals surface area contributed by atoms with Gasteiger partial charge in [-0.2, -0.15) is 0 Å². The Balaban J connectivity index is 1.93. The van der Waals surface area contributed by atoms with Crippen molar-refractivity contribution < 1.29 is 13.2 Å². The topological polar surface area (TPSA) is 81.2 Å². The van der Waals surface area contributed by atoms with Gasteiger partial charge in [0.25, 0.3) is 0 Å². The van der Waals surface area contributed by atoms with E-state index in [0.717, 1.165) is 5.56 Å². The summed E-state index contributed by atoms with van der Waals surface area (Å²) in [6.45, 7) is 0. The molecule has 25 heavy (non-hydrogen) atoms. The molecule has 1 aromatic heterocycles. The van der Waals surface area contributed by atoms with Crippen LogP contribution in [0.5, 0.6) is 5.75 Å². The maximum absolute atomic E-state index is 11.7. The van der Waals surface area contributed by atoms with E-state index in [1.54, 1.807) is 37.4 Å². The fourth-order valence-corrected chi connectivity index (χ4v) is 3.05. The molecule has 0 atom stereocenters. The summed E-state index contributed by atoms with van der Waals surface area (Å²) in [6, 6.07) is 15.9. The van der Waals surface area contributed by atoms with Crippen LogP contribution < -0.4 is 10.1 Å². The molecule has 0 spiro atoms. The lowest BCUT2D eigenvalue weighted by Gasteiger charge is -2.10. The van der Waals surface area contributed by atoms with Crippen molar-refractivity contribution in [1.82, 2.24) is 9.97 Å². The van der Waals surface area contributed by atoms with Crippen LogP contribution in [-0.2, 0) is 9.84 Å². The summed E-state index contributed by atoms with van der Waals surface area (Å²) in [4.78, 5) is 8.73. The number of ether oxygens (including phenoxy) is 1. The zero-order valence-electron chi connectivity index (χ0n) is 13.8. The van der Waals surface area contributed by atoms with Gasteiger partial charge in [-0.25, -0.2) is 18.4 Å². The monoisotopic (exact) mass is 355 g/mol. The lowest BCUT2D eigenvalue weighted by Crippen LogP contribution is -2.00. The fourth-order valence-electron chi connectivity index (χ4n) is 2.38. The van der Waals surface area contributed by atoms with Crippen LogP contribution in [0.1, 0.15) is 0 Å². The molecule has 0 amide bonds. The van der Waals surface area contributed by atoms with Gasteiger partial charge in [0.05, 0.1) is 17.7 Å². The summed E-state index contributed by atoms with van der Waals surface area (Å²) in [7, 11) is -1.66. The average molecular weight is 355 g/mol. The molecule has 1 N–H and O–H groups in total. The van der Waals surface area contributed by atoms with E-state index in [1.807, 2.05) is 24.3 Å². The van der Waals surface area contributed by atoms with Crippen LogP contribution in [0.4, 0.5) is 11.5 Å². The molecule has 0 bridgehead atoms. The summed E-state index contributed by atoms with van der Waals surface area (Å²) >= 11 is 0. The maximum Gasteiger partial charge on any atom is 0.175 e. The zero-order valence-corrected chi connectivity index (χ0v) is 14.6. The van der Waals surface area contributed by atoms with E-state index in [-0.39, 0.29) is 4.90 Å². The third-order valence-electron chi connectivity index (χ3n) is 3.58. The average Bonchev–Trinajstić information content (AvgIpc) is 2.61. The summed E-state index contributed by atoms with van der Waals surface area (Å²) in [5, 5.41) is 3.11. The summed E-state index contributed by atoms with van der Waals surface area (Å²) in [6.07, 6.45) is 2.63. The minimum atomic E-state index is -3.27. The quantitative estimate of drug-likeness (QED) is 0.756. The second-order valence-electron chi connectivity index (χ2n) is 5.41. The molecule has 3 aromatic rings. The fraction of sp³-hybridized carbons (Fsp3) is 0.111. The predicted molar refractivity (Wildman–Crippen MR) is 96.9 cm³/mol. The zero-order chi connectivity index (χ0) is 17.9. The lowest BCUT2D eigenvalue weighted by atomic mass is 10.1. The Bertz CT molecular complexity index is 1000. The number of nitrogens with zero attached hydrogens (tertiary/aromatic N) is 2. The number of nitrogens with one attached hydrogen (secondary N) is 1. The summed E-state index contributed by atoms with van der Waals surface area (Å²) < 4.78 is 28.7. The Morgan fingerprint density at radius 2 is 1.80 bits per heavy atom. The molecule has 0 saturated heterocycles. The molecule has 7 heteroatoms. The molecule has 0 unspecified atom stereocenters. The molecule has 0 aliphatic rings. The van der Waals surface area contributed by atoms with Crippen LogP contribution in [0, 0.1) is 0 Å². The van der Waals surface area contributed by atoms with Crippen LogP contribution in [-0.4, -0.2) is 31.8 Å². The van der Waals surface area contributed by atoms with Crippen LogP contribution in [0.2, 0.25) is 0 Å². The van der Waals surface area contributed by atoms with Crippen molar-refractivity contribution >= 4 is 21.3 Å². The first-order valence-electron chi connectivity index (χ1n) is 7.50. The maximum atomic E-state index is 11.7. The first kappa shape index (κ1) is 16.9. The Morgan fingerprint density at radius 3 is 2.56 bits per heavy atom. The van der Waals surface area contributed by atoms with Crippen molar-refractivity contribution in [3.05, 3.63) is 60.9 Å². The molecule has 0 saturated carbocycles. The molecule has 128 valence electrons. The number of hydrogen-bond acceptors (Lipinski definition) is 6. The van der Waals surface area contributed by atoms with Gasteiger partial charge in [-0.1, -0.05) is 18.2 Å². The SMILES string of the molecule is COc1ccccc1-c1cc(Nc2cccc(S(C)(=O)=O)c2)ncn1. The number of rotatable bonds is 5. The Hall–Kier alpha value is -2.93. The van der Waals surface area contributed by atoms with Gasteiger partial charge < -0.3 is 10.1 Å². The lowest BCUT2D eigenvalue weighted by molar-refractivity contribution is 0.416. The van der Waals surface area contributed by atoms with Gasteiger partial charge >= 0.3 is 0 Å². The van der Waals surface area contributed by atoms with Crippen molar-refractivity contribution in [1.29, 1.82) is 0 Å². The minimum absolute atomic E-state index is 0.247. The smallest absolute Gasteiger partial charge is 0.175 e. The molecular formula is C18H17N3O3S. The van der Waals surface area contributed by atoms with Crippen molar-refractivity contribution in [2.45, 2.75) is 4.90 Å². The highest BCUT2D eigenvalue weighted by Crippen LogP contribution is 2.29. The number of hydrogen-bond donors (Lipinski definition) is 1. The molecule has 3 rings (SSSR count). The normalized spacial score (nSPS) is 11.1. The Morgan fingerprint density at radius 1 is 1.00 bits per heavy atom. The standard InChI is InChI=1S/C18H17N3O3S/c1-24-17-9-4-3-8-15(17)16-11-18(20-12-19-16)21-13-6-5-7-14(10-13)25(2,22)23/h3-12H,1-2H3,(H,19,20,21). The van der Waals surface area contributed by atoms with E-state index in [2.05, 4.69) is 15.3 Å². The molecule has 0 radical (unpaired) electrons. The van der Waals surface area contributed by atoms with Crippen LogP contribution in [0.3, 0.4) is 0 Å². The minimum Gasteiger partial charge on any atom is -0.496 e. The molecule has 0 aliphatic carbocycles. The molecular weight excluding hydrogens is 338 g/mol. The molecule has 2 aromatic carbocycles. The Labute approximate surface area is 146 Å². The van der Waals surface area contributed by atoms with E-state index in [9.17, 15) is 8.42 Å². The molecule has 6 nitrogen and oxygen atoms in total. The van der Waals surface area contributed by atoms with E-state index in [1.165, 1.54) is 12.6 Å². The van der Waals surface area contributed by atoms with E-state index >= 15 is 0 Å². The molecule has 1 heterocycles. The van der Waals surface area contributed by atoms with E-state index < -0.39 is 9.84 Å². The van der Waals surface area contributed by atoms with E-state index in [4.69, 9.17) is 4.74 Å². The van der Waals surface area contributed by atoms with Crippen LogP contribution >= 0.6 is 0 Å². The highest BCUT2D eigenvalue weighted by atomic mass is 32.2. The van der Waals surface area contributed by atoms with Gasteiger partial charge in [-0.05, 0) is 30.3 Å². The largest absolute Gasteiger partial charge is 0.496 e. The predicted octanol–water partition coefficient (Wildman–Crippen LogP) is 3.30. The van der Waals surface area contributed by atoms with Crippen molar-refractivity contribution in [3.8, 4) is 17.0 Å². The summed E-state index contributed by atoms with van der Waals surface area (Å²) in [5.41, 5.74) is 2.18. The van der Waals surface area contributed by atoms with Gasteiger partial charge in [-0.3, -0.25) is 0 Å². The van der Waals surface area contributed by atoms with Gasteiger partial charge in [0.1, 0.15) is 17.9 Å². The van der Waals surface area contributed by atoms with Crippen molar-refractivity contribution in [2.24, 2.45) is 0 Å². The highest BCUT2D eigenvalue weighted by molar-refractivity contribution is 7.90. The third kappa shape index (κ3) is 3.95. The van der Waals surface area contributed by atoms with E-state index in [0.29, 0.717) is 22.9 Å². The first-order valence-corrected chi connectivity index (χ1v) is 9.39.